The summed E-state index contributed by atoms with van der Waals surface area (Å²) in [6.07, 6.45) is 2.23. The maximum absolute atomic E-state index is 11.9. The average molecular weight is 227 g/mol. The van der Waals surface area contributed by atoms with Gasteiger partial charge in [-0.1, -0.05) is 0 Å². The van der Waals surface area contributed by atoms with E-state index in [1.54, 1.807) is 4.90 Å². The molecular formula is C12H21NO3. The van der Waals surface area contributed by atoms with Crippen molar-refractivity contribution < 1.29 is 14.6 Å². The summed E-state index contributed by atoms with van der Waals surface area (Å²) in [6, 6.07) is -0.0279. The normalized spacial score (nSPS) is 34.0. The van der Waals surface area contributed by atoms with E-state index in [-0.39, 0.29) is 18.2 Å². The van der Waals surface area contributed by atoms with E-state index in [9.17, 15) is 9.90 Å². The number of aliphatic hydroxyl groups excluding tert-OH is 1. The van der Waals surface area contributed by atoms with Crippen LogP contribution < -0.4 is 0 Å². The number of ether oxygens (including phenoxy) is 1. The average Bonchev–Trinajstić information content (AvgIpc) is 2.15. The molecule has 0 aromatic carbocycles. The molecule has 3 atom stereocenters. The van der Waals surface area contributed by atoms with Gasteiger partial charge in [-0.25, -0.2) is 4.79 Å². The molecule has 1 saturated carbocycles. The summed E-state index contributed by atoms with van der Waals surface area (Å²) in [7, 11) is 0. The van der Waals surface area contributed by atoms with Gasteiger partial charge >= 0.3 is 6.09 Å². The fraction of sp³-hybridized carbons (Fsp3) is 0.917. The first-order chi connectivity index (χ1) is 7.37. The minimum Gasteiger partial charge on any atom is -0.444 e. The van der Waals surface area contributed by atoms with Crippen molar-refractivity contribution in [2.45, 2.75) is 57.8 Å². The number of carbonyl (C=O) groups is 1. The van der Waals surface area contributed by atoms with Gasteiger partial charge in [0.05, 0.1) is 12.1 Å². The van der Waals surface area contributed by atoms with Gasteiger partial charge in [-0.2, -0.15) is 0 Å². The highest BCUT2D eigenvalue weighted by molar-refractivity contribution is 5.69. The fourth-order valence-electron chi connectivity index (χ4n) is 2.69. The molecule has 0 aromatic rings. The smallest absolute Gasteiger partial charge is 0.410 e. The summed E-state index contributed by atoms with van der Waals surface area (Å²) in [5, 5.41) is 9.87. The maximum atomic E-state index is 11.9. The highest BCUT2D eigenvalue weighted by Crippen LogP contribution is 2.35. The van der Waals surface area contributed by atoms with Gasteiger partial charge in [-0.05, 0) is 46.0 Å². The SMILES string of the molecule is CC(C)(C)OC(=O)N1C[C@H]2CC[C@H]1[C@H](O)C2. The van der Waals surface area contributed by atoms with Gasteiger partial charge in [0.25, 0.3) is 0 Å². The second-order valence-electron chi connectivity index (χ2n) is 5.95. The van der Waals surface area contributed by atoms with Gasteiger partial charge in [-0.15, -0.1) is 0 Å². The fourth-order valence-corrected chi connectivity index (χ4v) is 2.69. The van der Waals surface area contributed by atoms with E-state index < -0.39 is 5.60 Å². The number of amides is 1. The number of piperidine rings is 2. The van der Waals surface area contributed by atoms with Crippen molar-refractivity contribution in [3.63, 3.8) is 0 Å². The Morgan fingerprint density at radius 3 is 2.56 bits per heavy atom. The zero-order valence-electron chi connectivity index (χ0n) is 10.3. The molecule has 4 heteroatoms. The molecule has 0 radical (unpaired) electrons. The molecule has 0 unspecified atom stereocenters. The molecule has 1 aliphatic carbocycles. The van der Waals surface area contributed by atoms with Crippen LogP contribution in [0.15, 0.2) is 0 Å². The molecule has 2 aliphatic heterocycles. The molecule has 92 valence electrons. The molecule has 2 heterocycles. The summed E-state index contributed by atoms with van der Waals surface area (Å²) in [4.78, 5) is 13.7. The molecular weight excluding hydrogens is 206 g/mol. The zero-order chi connectivity index (χ0) is 11.9. The molecule has 3 fully saturated rings. The van der Waals surface area contributed by atoms with E-state index in [1.807, 2.05) is 20.8 Å². The zero-order valence-corrected chi connectivity index (χ0v) is 10.3. The standard InChI is InChI=1S/C12H21NO3/c1-12(2,3)16-11(15)13-7-8-4-5-9(13)10(14)6-8/h8-10,14H,4-7H2,1-3H3/t8-,9-,10+/m0/s1. The summed E-state index contributed by atoms with van der Waals surface area (Å²) < 4.78 is 5.35. The van der Waals surface area contributed by atoms with Crippen LogP contribution in [0.25, 0.3) is 0 Å². The lowest BCUT2D eigenvalue weighted by molar-refractivity contribution is -0.0637. The van der Waals surface area contributed by atoms with Gasteiger partial charge in [0.15, 0.2) is 0 Å². The van der Waals surface area contributed by atoms with Gasteiger partial charge in [0.1, 0.15) is 5.60 Å². The second kappa shape index (κ2) is 3.91. The Morgan fingerprint density at radius 2 is 2.06 bits per heavy atom. The summed E-state index contributed by atoms with van der Waals surface area (Å²) >= 11 is 0. The number of aliphatic hydroxyl groups is 1. The van der Waals surface area contributed by atoms with Crippen LogP contribution in [0, 0.1) is 5.92 Å². The van der Waals surface area contributed by atoms with Crippen molar-refractivity contribution >= 4 is 6.09 Å². The molecule has 1 N–H and O–H groups in total. The van der Waals surface area contributed by atoms with E-state index in [0.717, 1.165) is 25.8 Å². The number of nitrogens with zero attached hydrogens (tertiary/aromatic N) is 1. The lowest BCUT2D eigenvalue weighted by Gasteiger charge is -2.47. The van der Waals surface area contributed by atoms with E-state index in [0.29, 0.717) is 5.92 Å². The number of fused-ring (bicyclic) bond motifs is 3. The highest BCUT2D eigenvalue weighted by Gasteiger charge is 2.43. The van der Waals surface area contributed by atoms with Crippen LogP contribution in [0.2, 0.25) is 0 Å². The second-order valence-corrected chi connectivity index (χ2v) is 5.95. The van der Waals surface area contributed by atoms with Crippen LogP contribution in [0.1, 0.15) is 40.0 Å². The molecule has 3 rings (SSSR count). The molecule has 0 aromatic heterocycles. The highest BCUT2D eigenvalue weighted by atomic mass is 16.6. The monoisotopic (exact) mass is 227 g/mol. The van der Waals surface area contributed by atoms with Crippen LogP contribution in [-0.2, 0) is 4.74 Å². The third-order valence-corrected chi connectivity index (χ3v) is 3.37. The first kappa shape index (κ1) is 11.7. The predicted octanol–water partition coefficient (Wildman–Crippen LogP) is 1.77. The number of carbonyl (C=O) groups excluding carboxylic acids is 1. The maximum Gasteiger partial charge on any atom is 0.410 e. The van der Waals surface area contributed by atoms with Crippen molar-refractivity contribution in [1.82, 2.24) is 4.90 Å². The quantitative estimate of drug-likeness (QED) is 0.686. The Bertz CT molecular complexity index is 284. The van der Waals surface area contributed by atoms with E-state index in [4.69, 9.17) is 4.74 Å². The van der Waals surface area contributed by atoms with E-state index >= 15 is 0 Å². The van der Waals surface area contributed by atoms with Crippen LogP contribution >= 0.6 is 0 Å². The van der Waals surface area contributed by atoms with Crippen LogP contribution in [-0.4, -0.2) is 40.4 Å². The minimum atomic E-state index is -0.460. The summed E-state index contributed by atoms with van der Waals surface area (Å²) in [5.74, 6) is 0.451. The van der Waals surface area contributed by atoms with Crippen LogP contribution in [0.3, 0.4) is 0 Å². The third kappa shape index (κ3) is 2.32. The Morgan fingerprint density at radius 1 is 1.38 bits per heavy atom. The summed E-state index contributed by atoms with van der Waals surface area (Å²) in [5.41, 5.74) is -0.460. The van der Waals surface area contributed by atoms with Crippen molar-refractivity contribution in [2.24, 2.45) is 5.92 Å². The van der Waals surface area contributed by atoms with E-state index in [2.05, 4.69) is 0 Å². The number of rotatable bonds is 0. The minimum absolute atomic E-state index is 0.0279. The van der Waals surface area contributed by atoms with Crippen LogP contribution in [0.5, 0.6) is 0 Å². The Kier molecular flexibility index (Phi) is 2.86. The van der Waals surface area contributed by atoms with Gasteiger partial charge in [-0.3, -0.25) is 0 Å². The molecule has 2 bridgehead atoms. The molecule has 3 aliphatic rings. The van der Waals surface area contributed by atoms with Gasteiger partial charge in [0.2, 0.25) is 0 Å². The molecule has 2 saturated heterocycles. The molecule has 1 amide bonds. The lowest BCUT2D eigenvalue weighted by atomic mass is 9.78. The van der Waals surface area contributed by atoms with E-state index in [1.165, 1.54) is 0 Å². The van der Waals surface area contributed by atoms with Crippen LogP contribution in [0.4, 0.5) is 4.79 Å². The Labute approximate surface area is 96.6 Å². The predicted molar refractivity (Wildman–Crippen MR) is 60.1 cm³/mol. The largest absolute Gasteiger partial charge is 0.444 e. The lowest BCUT2D eigenvalue weighted by Crippen LogP contribution is -2.58. The third-order valence-electron chi connectivity index (χ3n) is 3.37. The van der Waals surface area contributed by atoms with Gasteiger partial charge in [0, 0.05) is 6.54 Å². The van der Waals surface area contributed by atoms with Crippen molar-refractivity contribution in [2.75, 3.05) is 6.54 Å². The topological polar surface area (TPSA) is 49.8 Å². The Balaban J connectivity index is 2.02. The van der Waals surface area contributed by atoms with Crippen molar-refractivity contribution in [3.8, 4) is 0 Å². The molecule has 4 nitrogen and oxygen atoms in total. The Hall–Kier alpha value is -0.770. The van der Waals surface area contributed by atoms with Crippen molar-refractivity contribution in [1.29, 1.82) is 0 Å². The molecule has 16 heavy (non-hydrogen) atoms. The van der Waals surface area contributed by atoms with Gasteiger partial charge < -0.3 is 14.7 Å². The van der Waals surface area contributed by atoms with Crippen molar-refractivity contribution in [3.05, 3.63) is 0 Å². The number of hydrogen-bond donors (Lipinski definition) is 1. The number of hydrogen-bond acceptors (Lipinski definition) is 3. The first-order valence-corrected chi connectivity index (χ1v) is 6.04. The summed E-state index contributed by atoms with van der Waals surface area (Å²) in [6.45, 7) is 6.34. The first-order valence-electron chi connectivity index (χ1n) is 6.04. The molecule has 0 spiro atoms.